The Morgan fingerprint density at radius 3 is 2.53 bits per heavy atom. The third kappa shape index (κ3) is 6.62. The average Bonchev–Trinajstić information content (AvgIpc) is 3.30. The first kappa shape index (κ1) is 24.4. The van der Waals surface area contributed by atoms with Gasteiger partial charge in [0, 0.05) is 30.3 Å². The van der Waals surface area contributed by atoms with Crippen LogP contribution in [-0.4, -0.2) is 43.4 Å². The Labute approximate surface area is 194 Å². The molecule has 1 heterocycles. The number of thiophene rings is 1. The van der Waals surface area contributed by atoms with Crippen molar-refractivity contribution in [1.82, 2.24) is 15.5 Å². The van der Waals surface area contributed by atoms with E-state index in [9.17, 15) is 14.0 Å². The highest BCUT2D eigenvalue weighted by atomic mass is 32.1. The SMILES string of the molecule is CN(C)C1(c2cccs2)CCC(NC(=O)CCCC(=O)NCCc2cccc(F)c2)CC1. The molecule has 0 radical (unpaired) electrons. The fraction of sp³-hybridized carbons (Fsp3) is 0.520. The van der Waals surface area contributed by atoms with Crippen molar-refractivity contribution in [3.8, 4) is 0 Å². The molecule has 174 valence electrons. The van der Waals surface area contributed by atoms with Crippen LogP contribution in [-0.2, 0) is 21.5 Å². The maximum absolute atomic E-state index is 13.2. The number of nitrogens with zero attached hydrogens (tertiary/aromatic N) is 1. The number of hydrogen-bond acceptors (Lipinski definition) is 4. The predicted molar refractivity (Wildman–Crippen MR) is 127 cm³/mol. The number of carbonyl (C=O) groups excluding carboxylic acids is 2. The molecule has 1 fully saturated rings. The molecule has 1 aliphatic carbocycles. The van der Waals surface area contributed by atoms with E-state index in [1.54, 1.807) is 17.4 Å². The molecular weight excluding hydrogens is 425 g/mol. The van der Waals surface area contributed by atoms with Gasteiger partial charge in [0.2, 0.25) is 11.8 Å². The van der Waals surface area contributed by atoms with Gasteiger partial charge in [0.1, 0.15) is 5.82 Å². The molecule has 5 nitrogen and oxygen atoms in total. The summed E-state index contributed by atoms with van der Waals surface area (Å²) in [4.78, 5) is 28.1. The monoisotopic (exact) mass is 459 g/mol. The minimum atomic E-state index is -0.267. The quantitative estimate of drug-likeness (QED) is 0.559. The molecular formula is C25H34FN3O2S. The van der Waals surface area contributed by atoms with Crippen molar-refractivity contribution in [2.24, 2.45) is 0 Å². The van der Waals surface area contributed by atoms with Gasteiger partial charge in [-0.2, -0.15) is 0 Å². The van der Waals surface area contributed by atoms with Crippen LogP contribution >= 0.6 is 11.3 Å². The van der Waals surface area contributed by atoms with Crippen molar-refractivity contribution in [3.63, 3.8) is 0 Å². The van der Waals surface area contributed by atoms with Gasteiger partial charge in [-0.25, -0.2) is 4.39 Å². The summed E-state index contributed by atoms with van der Waals surface area (Å²) in [6, 6.07) is 10.9. The first-order valence-electron chi connectivity index (χ1n) is 11.4. The maximum Gasteiger partial charge on any atom is 0.220 e. The molecule has 0 aliphatic heterocycles. The van der Waals surface area contributed by atoms with Gasteiger partial charge in [0.05, 0.1) is 5.54 Å². The lowest BCUT2D eigenvalue weighted by molar-refractivity contribution is -0.123. The third-order valence-corrected chi connectivity index (χ3v) is 7.51. The van der Waals surface area contributed by atoms with Crippen molar-refractivity contribution in [1.29, 1.82) is 0 Å². The summed E-state index contributed by atoms with van der Waals surface area (Å²) >= 11 is 1.81. The Hall–Kier alpha value is -2.25. The lowest BCUT2D eigenvalue weighted by Crippen LogP contribution is -2.48. The fourth-order valence-electron chi connectivity index (χ4n) is 4.53. The van der Waals surface area contributed by atoms with Crippen LogP contribution in [0.4, 0.5) is 4.39 Å². The van der Waals surface area contributed by atoms with E-state index in [4.69, 9.17) is 0 Å². The first-order chi connectivity index (χ1) is 15.4. The Bertz CT molecular complexity index is 877. The van der Waals surface area contributed by atoms with Crippen LogP contribution in [0.1, 0.15) is 55.4 Å². The van der Waals surface area contributed by atoms with E-state index >= 15 is 0 Å². The van der Waals surface area contributed by atoms with Gasteiger partial charge in [0.25, 0.3) is 0 Å². The minimum absolute atomic E-state index is 0.0241. The lowest BCUT2D eigenvalue weighted by atomic mass is 9.77. The highest BCUT2D eigenvalue weighted by molar-refractivity contribution is 7.10. The van der Waals surface area contributed by atoms with E-state index in [0.29, 0.717) is 32.2 Å². The normalized spacial score (nSPS) is 20.8. The summed E-state index contributed by atoms with van der Waals surface area (Å²) < 4.78 is 13.2. The largest absolute Gasteiger partial charge is 0.356 e. The van der Waals surface area contributed by atoms with Crippen LogP contribution in [0.2, 0.25) is 0 Å². The number of benzene rings is 1. The Morgan fingerprint density at radius 1 is 1.12 bits per heavy atom. The van der Waals surface area contributed by atoms with Crippen LogP contribution in [0.15, 0.2) is 41.8 Å². The molecule has 2 N–H and O–H groups in total. The number of rotatable bonds is 10. The second-order valence-electron chi connectivity index (χ2n) is 8.83. The van der Waals surface area contributed by atoms with Crippen LogP contribution in [0.3, 0.4) is 0 Å². The second-order valence-corrected chi connectivity index (χ2v) is 9.78. The van der Waals surface area contributed by atoms with Gasteiger partial charge >= 0.3 is 0 Å². The predicted octanol–water partition coefficient (Wildman–Crippen LogP) is 4.23. The molecule has 3 rings (SSSR count). The molecule has 0 unspecified atom stereocenters. The van der Waals surface area contributed by atoms with E-state index in [2.05, 4.69) is 47.1 Å². The van der Waals surface area contributed by atoms with E-state index in [-0.39, 0.29) is 29.2 Å². The summed E-state index contributed by atoms with van der Waals surface area (Å²) in [6.07, 6.45) is 5.77. The minimum Gasteiger partial charge on any atom is -0.356 e. The van der Waals surface area contributed by atoms with Crippen LogP contribution < -0.4 is 10.6 Å². The summed E-state index contributed by atoms with van der Waals surface area (Å²) in [6.45, 7) is 0.467. The zero-order valence-corrected chi connectivity index (χ0v) is 19.8. The zero-order valence-electron chi connectivity index (χ0n) is 19.0. The van der Waals surface area contributed by atoms with Gasteiger partial charge < -0.3 is 10.6 Å². The van der Waals surface area contributed by atoms with E-state index in [0.717, 1.165) is 31.2 Å². The molecule has 2 aromatic rings. The highest BCUT2D eigenvalue weighted by Crippen LogP contribution is 2.42. The number of amides is 2. The molecule has 1 aliphatic rings. The van der Waals surface area contributed by atoms with Gasteiger partial charge in [0.15, 0.2) is 0 Å². The number of carbonyl (C=O) groups is 2. The third-order valence-electron chi connectivity index (χ3n) is 6.45. The zero-order chi connectivity index (χ0) is 23.0. The summed E-state index contributed by atoms with van der Waals surface area (Å²) in [5.41, 5.74) is 0.924. The number of nitrogens with one attached hydrogen (secondary N) is 2. The van der Waals surface area contributed by atoms with Gasteiger partial charge in [-0.3, -0.25) is 14.5 Å². The molecule has 32 heavy (non-hydrogen) atoms. The van der Waals surface area contributed by atoms with Crippen molar-refractivity contribution >= 4 is 23.2 Å². The van der Waals surface area contributed by atoms with Gasteiger partial charge in [-0.1, -0.05) is 18.2 Å². The van der Waals surface area contributed by atoms with Crippen molar-refractivity contribution < 1.29 is 14.0 Å². The fourth-order valence-corrected chi connectivity index (χ4v) is 5.60. The van der Waals surface area contributed by atoms with Crippen molar-refractivity contribution in [2.75, 3.05) is 20.6 Å². The van der Waals surface area contributed by atoms with Crippen LogP contribution in [0.25, 0.3) is 0 Å². The smallest absolute Gasteiger partial charge is 0.220 e. The summed E-state index contributed by atoms with van der Waals surface area (Å²) in [7, 11) is 4.28. The molecule has 0 atom stereocenters. The van der Waals surface area contributed by atoms with E-state index in [1.165, 1.54) is 17.0 Å². The maximum atomic E-state index is 13.2. The second kappa shape index (κ2) is 11.6. The van der Waals surface area contributed by atoms with Crippen molar-refractivity contribution in [3.05, 3.63) is 58.0 Å². The Balaban J connectivity index is 1.32. The van der Waals surface area contributed by atoms with Crippen LogP contribution in [0.5, 0.6) is 0 Å². The summed E-state index contributed by atoms with van der Waals surface area (Å²) in [5.74, 6) is -0.314. The van der Waals surface area contributed by atoms with Gasteiger partial charge in [-0.15, -0.1) is 11.3 Å². The van der Waals surface area contributed by atoms with E-state index < -0.39 is 0 Å². The number of hydrogen-bond donors (Lipinski definition) is 2. The Morgan fingerprint density at radius 2 is 1.88 bits per heavy atom. The number of halogens is 1. The molecule has 0 saturated heterocycles. The van der Waals surface area contributed by atoms with Gasteiger partial charge in [-0.05, 0) is 81.8 Å². The highest BCUT2D eigenvalue weighted by Gasteiger charge is 2.39. The first-order valence-corrected chi connectivity index (χ1v) is 12.3. The molecule has 1 saturated carbocycles. The average molecular weight is 460 g/mol. The Kier molecular flexibility index (Phi) is 8.82. The van der Waals surface area contributed by atoms with Crippen LogP contribution in [0, 0.1) is 5.82 Å². The topological polar surface area (TPSA) is 61.4 Å². The molecule has 2 amide bonds. The standard InChI is InChI=1S/C25H34FN3O2S/c1-29(2)25(22-8-5-17-32-22)14-11-21(12-15-25)28-24(31)10-4-9-23(30)27-16-13-19-6-3-7-20(26)18-19/h3,5-8,17-18,21H,4,9-16H2,1-2H3,(H,27,30)(H,28,31). The lowest BCUT2D eigenvalue weighted by Gasteiger charge is -2.44. The molecule has 1 aromatic heterocycles. The molecule has 0 bridgehead atoms. The molecule has 1 aromatic carbocycles. The molecule has 0 spiro atoms. The van der Waals surface area contributed by atoms with E-state index in [1.807, 2.05) is 6.07 Å². The van der Waals surface area contributed by atoms with Crippen molar-refractivity contribution in [2.45, 2.75) is 62.9 Å². The molecule has 7 heteroatoms. The summed E-state index contributed by atoms with van der Waals surface area (Å²) in [5, 5.41) is 8.14.